The van der Waals surface area contributed by atoms with Crippen LogP contribution in [0, 0.1) is 0 Å². The topological polar surface area (TPSA) is 94.1 Å². The normalized spacial score (nSPS) is 13.7. The summed E-state index contributed by atoms with van der Waals surface area (Å²) in [7, 11) is 1.36. The number of esters is 1. The Morgan fingerprint density at radius 2 is 0.914 bits per heavy atom. The van der Waals surface area contributed by atoms with E-state index in [1.165, 1.54) is 173 Å². The molecular formula is C49H98NO7P. The summed E-state index contributed by atoms with van der Waals surface area (Å²) in [5, 5.41) is 0. The molecule has 0 aliphatic carbocycles. The second-order valence-electron chi connectivity index (χ2n) is 18.2. The molecular weight excluding hydrogens is 746 g/mol. The van der Waals surface area contributed by atoms with E-state index in [1.54, 1.807) is 0 Å². The van der Waals surface area contributed by atoms with Gasteiger partial charge >= 0.3 is 5.97 Å². The maximum atomic E-state index is 12.7. The van der Waals surface area contributed by atoms with Crippen LogP contribution in [-0.4, -0.2) is 70.7 Å². The highest BCUT2D eigenvalue weighted by Crippen LogP contribution is 2.38. The van der Waals surface area contributed by atoms with E-state index in [4.69, 9.17) is 18.5 Å². The van der Waals surface area contributed by atoms with Crippen LogP contribution in [0.3, 0.4) is 0 Å². The van der Waals surface area contributed by atoms with E-state index in [9.17, 15) is 14.3 Å². The Morgan fingerprint density at radius 3 is 1.36 bits per heavy atom. The molecule has 2 unspecified atom stereocenters. The van der Waals surface area contributed by atoms with E-state index in [2.05, 4.69) is 26.0 Å². The number of hydrogen-bond donors (Lipinski definition) is 0. The van der Waals surface area contributed by atoms with E-state index >= 15 is 0 Å². The maximum absolute atomic E-state index is 12.7. The number of carbonyl (C=O) groups is 1. The number of unbranched alkanes of at least 4 members (excludes halogenated alkanes) is 31. The fourth-order valence-corrected chi connectivity index (χ4v) is 7.91. The molecule has 0 rings (SSSR count). The van der Waals surface area contributed by atoms with Crippen molar-refractivity contribution in [2.45, 2.75) is 245 Å². The van der Waals surface area contributed by atoms with Crippen molar-refractivity contribution in [1.29, 1.82) is 0 Å². The minimum atomic E-state index is -4.52. The van der Waals surface area contributed by atoms with Crippen molar-refractivity contribution >= 4 is 13.8 Å². The Balaban J connectivity index is 3.98. The molecule has 0 heterocycles. The summed E-state index contributed by atoms with van der Waals surface area (Å²) in [5.74, 6) is -0.340. The van der Waals surface area contributed by atoms with E-state index in [0.717, 1.165) is 44.9 Å². The molecule has 2 atom stereocenters. The number of ether oxygens (including phenoxy) is 2. The van der Waals surface area contributed by atoms with Crippen LogP contribution < -0.4 is 4.89 Å². The maximum Gasteiger partial charge on any atom is 0.306 e. The lowest BCUT2D eigenvalue weighted by Gasteiger charge is -2.28. The fraction of sp³-hybridized carbons (Fsp3) is 0.939. The van der Waals surface area contributed by atoms with E-state index in [1.807, 2.05) is 21.1 Å². The second-order valence-corrected chi connectivity index (χ2v) is 19.6. The number of carbonyl (C=O) groups excluding carboxylic acids is 1. The second kappa shape index (κ2) is 42.9. The smallest absolute Gasteiger partial charge is 0.306 e. The fourth-order valence-electron chi connectivity index (χ4n) is 7.18. The van der Waals surface area contributed by atoms with Gasteiger partial charge in [0, 0.05) is 13.0 Å². The molecule has 0 aliphatic rings. The van der Waals surface area contributed by atoms with Gasteiger partial charge in [-0.15, -0.1) is 0 Å². The molecule has 0 aromatic carbocycles. The summed E-state index contributed by atoms with van der Waals surface area (Å²) in [6.45, 7) is 5.41. The van der Waals surface area contributed by atoms with Gasteiger partial charge in [-0.05, 0) is 32.1 Å². The standard InChI is InChI=1S/C49H98NO7P/c1-6-8-10-12-14-16-18-19-20-21-22-23-24-25-26-27-28-29-30-31-33-35-37-39-41-44-54-46-48(47-56-58(52,53)55-45-43-50(3,4)5)57-49(51)42-40-38-36-34-32-17-15-13-11-9-7-2/h13,15,48H,6-12,14,16-47H2,1-5H3/b15-13-. The molecule has 9 heteroatoms. The highest BCUT2D eigenvalue weighted by molar-refractivity contribution is 7.45. The van der Waals surface area contributed by atoms with Crippen LogP contribution in [0.25, 0.3) is 0 Å². The van der Waals surface area contributed by atoms with Gasteiger partial charge in [-0.2, -0.15) is 0 Å². The molecule has 0 bridgehead atoms. The number of likely N-dealkylation sites (N-methyl/N-ethyl adjacent to an activating group) is 1. The molecule has 0 aliphatic heterocycles. The third-order valence-corrected chi connectivity index (χ3v) is 12.0. The van der Waals surface area contributed by atoms with Gasteiger partial charge in [0.25, 0.3) is 7.82 Å². The molecule has 58 heavy (non-hydrogen) atoms. The number of quaternary nitrogens is 1. The lowest BCUT2D eigenvalue weighted by molar-refractivity contribution is -0.870. The van der Waals surface area contributed by atoms with Crippen molar-refractivity contribution in [3.05, 3.63) is 12.2 Å². The number of phosphoric ester groups is 1. The van der Waals surface area contributed by atoms with Crippen molar-refractivity contribution < 1.29 is 37.3 Å². The van der Waals surface area contributed by atoms with Gasteiger partial charge in [0.15, 0.2) is 0 Å². The first-order valence-electron chi connectivity index (χ1n) is 24.9. The summed E-state index contributed by atoms with van der Waals surface area (Å²) in [6, 6.07) is 0. The Hall–Kier alpha value is -0.760. The van der Waals surface area contributed by atoms with Gasteiger partial charge in [-0.1, -0.05) is 212 Å². The van der Waals surface area contributed by atoms with Crippen LogP contribution in [0.15, 0.2) is 12.2 Å². The molecule has 0 radical (unpaired) electrons. The monoisotopic (exact) mass is 844 g/mol. The zero-order valence-electron chi connectivity index (χ0n) is 39.3. The molecule has 0 amide bonds. The van der Waals surface area contributed by atoms with Crippen molar-refractivity contribution in [3.8, 4) is 0 Å². The van der Waals surface area contributed by atoms with Crippen molar-refractivity contribution in [2.24, 2.45) is 0 Å². The van der Waals surface area contributed by atoms with Gasteiger partial charge in [-0.25, -0.2) is 0 Å². The molecule has 0 saturated heterocycles. The zero-order valence-corrected chi connectivity index (χ0v) is 40.2. The quantitative estimate of drug-likeness (QED) is 0.0198. The van der Waals surface area contributed by atoms with E-state index in [-0.39, 0.29) is 25.8 Å². The third kappa shape index (κ3) is 46.3. The highest BCUT2D eigenvalue weighted by atomic mass is 31.2. The van der Waals surface area contributed by atoms with Crippen LogP contribution in [0.5, 0.6) is 0 Å². The Bertz CT molecular complexity index is 940. The SMILES string of the molecule is CCCC/C=C\CCCCCCCC(=O)OC(COCCCCCCCCCCCCCCCCCCCCCCCCCCC)COP(=O)([O-])OCC[N+](C)(C)C. The van der Waals surface area contributed by atoms with Crippen LogP contribution >= 0.6 is 7.82 Å². The first-order valence-corrected chi connectivity index (χ1v) is 26.4. The molecule has 0 saturated carbocycles. The van der Waals surface area contributed by atoms with E-state index < -0.39 is 13.9 Å². The number of allylic oxidation sites excluding steroid dienone is 2. The lowest BCUT2D eigenvalue weighted by atomic mass is 10.0. The Kier molecular flexibility index (Phi) is 42.3. The molecule has 8 nitrogen and oxygen atoms in total. The Labute approximate surface area is 360 Å². The van der Waals surface area contributed by atoms with Crippen molar-refractivity contribution in [1.82, 2.24) is 0 Å². The minimum absolute atomic E-state index is 0.0277. The van der Waals surface area contributed by atoms with Gasteiger partial charge in [0.2, 0.25) is 0 Å². The average Bonchev–Trinajstić information content (AvgIpc) is 3.18. The lowest BCUT2D eigenvalue weighted by Crippen LogP contribution is -2.37. The first kappa shape index (κ1) is 57.2. The van der Waals surface area contributed by atoms with Crippen LogP contribution in [0.2, 0.25) is 0 Å². The number of phosphoric acid groups is 1. The van der Waals surface area contributed by atoms with Gasteiger partial charge < -0.3 is 27.9 Å². The molecule has 346 valence electrons. The molecule has 0 N–H and O–H groups in total. The number of rotatable bonds is 47. The average molecular weight is 844 g/mol. The summed E-state index contributed by atoms with van der Waals surface area (Å²) in [6.07, 6.45) is 48.2. The predicted octanol–water partition coefficient (Wildman–Crippen LogP) is 14.4. The van der Waals surface area contributed by atoms with Crippen molar-refractivity contribution in [2.75, 3.05) is 54.1 Å². The van der Waals surface area contributed by atoms with Gasteiger partial charge in [-0.3, -0.25) is 9.36 Å². The van der Waals surface area contributed by atoms with Crippen LogP contribution in [0.1, 0.15) is 239 Å². The summed E-state index contributed by atoms with van der Waals surface area (Å²) in [4.78, 5) is 25.0. The van der Waals surface area contributed by atoms with Crippen LogP contribution in [0.4, 0.5) is 0 Å². The van der Waals surface area contributed by atoms with E-state index in [0.29, 0.717) is 24.1 Å². The predicted molar refractivity (Wildman–Crippen MR) is 245 cm³/mol. The summed E-state index contributed by atoms with van der Waals surface area (Å²) < 4.78 is 34.6. The Morgan fingerprint density at radius 1 is 0.517 bits per heavy atom. The third-order valence-electron chi connectivity index (χ3n) is 11.1. The first-order chi connectivity index (χ1) is 28.1. The molecule has 0 fully saturated rings. The summed E-state index contributed by atoms with van der Waals surface area (Å²) >= 11 is 0. The molecule has 0 spiro atoms. The summed E-state index contributed by atoms with van der Waals surface area (Å²) in [5.41, 5.74) is 0. The largest absolute Gasteiger partial charge is 0.756 e. The van der Waals surface area contributed by atoms with Crippen molar-refractivity contribution in [3.63, 3.8) is 0 Å². The zero-order chi connectivity index (χ0) is 42.7. The molecule has 0 aromatic rings. The minimum Gasteiger partial charge on any atom is -0.756 e. The molecule has 0 aromatic heterocycles. The van der Waals surface area contributed by atoms with Crippen LogP contribution in [-0.2, 0) is 27.9 Å². The van der Waals surface area contributed by atoms with Gasteiger partial charge in [0.1, 0.15) is 19.3 Å². The number of nitrogens with zero attached hydrogens (tertiary/aromatic N) is 1. The highest BCUT2D eigenvalue weighted by Gasteiger charge is 2.20. The number of hydrogen-bond acceptors (Lipinski definition) is 7. The van der Waals surface area contributed by atoms with Gasteiger partial charge in [0.05, 0.1) is 34.4 Å².